The van der Waals surface area contributed by atoms with E-state index in [2.05, 4.69) is 0 Å². The molecule has 1 fully saturated rings. The lowest BCUT2D eigenvalue weighted by molar-refractivity contribution is -0.145. The summed E-state index contributed by atoms with van der Waals surface area (Å²) in [6.45, 7) is 1.72. The molecular weight excluding hydrogens is 352 g/mol. The molecule has 5 nitrogen and oxygen atoms in total. The lowest BCUT2D eigenvalue weighted by atomic mass is 10.1. The number of amides is 2. The first-order valence-corrected chi connectivity index (χ1v) is 8.86. The van der Waals surface area contributed by atoms with Gasteiger partial charge in [0.15, 0.2) is 0 Å². The summed E-state index contributed by atoms with van der Waals surface area (Å²) in [6.07, 6.45) is 0.278. The Morgan fingerprint density at radius 2 is 1.88 bits per heavy atom. The molecule has 0 spiro atoms. The van der Waals surface area contributed by atoms with Gasteiger partial charge in [-0.05, 0) is 35.4 Å². The highest BCUT2D eigenvalue weighted by Crippen LogP contribution is 2.16. The van der Waals surface area contributed by atoms with Crippen LogP contribution < -0.4 is 4.74 Å². The molecule has 3 rings (SSSR count). The number of hydrogen-bond donors (Lipinski definition) is 0. The largest absolute Gasteiger partial charge is 0.497 e. The van der Waals surface area contributed by atoms with Gasteiger partial charge in [-0.3, -0.25) is 9.59 Å². The van der Waals surface area contributed by atoms with Crippen LogP contribution in [0.4, 0.5) is 0 Å². The van der Waals surface area contributed by atoms with E-state index in [0.717, 1.165) is 16.9 Å². The van der Waals surface area contributed by atoms with Crippen molar-refractivity contribution in [2.75, 3.05) is 26.7 Å². The van der Waals surface area contributed by atoms with Crippen LogP contribution in [0, 0.1) is 0 Å². The third-order valence-corrected chi connectivity index (χ3v) is 4.70. The van der Waals surface area contributed by atoms with Gasteiger partial charge in [-0.2, -0.15) is 0 Å². The molecule has 0 unspecified atom stereocenters. The highest BCUT2D eigenvalue weighted by Gasteiger charge is 2.27. The average molecular weight is 373 g/mol. The van der Waals surface area contributed by atoms with Gasteiger partial charge in [-0.1, -0.05) is 35.9 Å². The molecule has 1 aliphatic heterocycles. The Kier molecular flexibility index (Phi) is 5.78. The molecule has 0 saturated carbocycles. The summed E-state index contributed by atoms with van der Waals surface area (Å²) in [6, 6.07) is 14.9. The van der Waals surface area contributed by atoms with Gasteiger partial charge in [0.1, 0.15) is 5.75 Å². The Morgan fingerprint density at radius 3 is 2.58 bits per heavy atom. The molecule has 1 saturated heterocycles. The van der Waals surface area contributed by atoms with Gasteiger partial charge >= 0.3 is 0 Å². The monoisotopic (exact) mass is 372 g/mol. The normalized spacial score (nSPS) is 14.5. The van der Waals surface area contributed by atoms with Crippen LogP contribution >= 0.6 is 11.6 Å². The van der Waals surface area contributed by atoms with Crippen molar-refractivity contribution in [3.63, 3.8) is 0 Å². The van der Waals surface area contributed by atoms with E-state index in [0.29, 0.717) is 24.7 Å². The maximum Gasteiger partial charge on any atom is 0.242 e. The smallest absolute Gasteiger partial charge is 0.242 e. The van der Waals surface area contributed by atoms with Crippen LogP contribution in [0.15, 0.2) is 48.5 Å². The molecule has 26 heavy (non-hydrogen) atoms. The fourth-order valence-corrected chi connectivity index (χ4v) is 3.09. The Morgan fingerprint density at radius 1 is 1.12 bits per heavy atom. The molecular formula is C20H21ClN2O3. The van der Waals surface area contributed by atoms with Crippen molar-refractivity contribution < 1.29 is 14.3 Å². The van der Waals surface area contributed by atoms with Gasteiger partial charge in [0, 0.05) is 24.7 Å². The molecule has 6 heteroatoms. The second kappa shape index (κ2) is 8.23. The van der Waals surface area contributed by atoms with Crippen molar-refractivity contribution in [1.82, 2.24) is 9.80 Å². The van der Waals surface area contributed by atoms with Crippen molar-refractivity contribution in [1.29, 1.82) is 0 Å². The molecule has 136 valence electrons. The SMILES string of the molecule is COc1cccc(CN2CCN(C(=O)Cc3ccc(Cl)cc3)CC2=O)c1. The summed E-state index contributed by atoms with van der Waals surface area (Å²) in [5.74, 6) is 0.692. The lowest BCUT2D eigenvalue weighted by Gasteiger charge is -2.34. The van der Waals surface area contributed by atoms with E-state index in [-0.39, 0.29) is 24.8 Å². The van der Waals surface area contributed by atoms with Gasteiger partial charge in [-0.15, -0.1) is 0 Å². The van der Waals surface area contributed by atoms with Crippen molar-refractivity contribution >= 4 is 23.4 Å². The van der Waals surface area contributed by atoms with Crippen LogP contribution in [-0.4, -0.2) is 48.4 Å². The number of nitrogens with zero attached hydrogens (tertiary/aromatic N) is 2. The van der Waals surface area contributed by atoms with Crippen LogP contribution in [0.25, 0.3) is 0 Å². The topological polar surface area (TPSA) is 49.9 Å². The minimum atomic E-state index is -0.0401. The number of carbonyl (C=O) groups excluding carboxylic acids is 2. The summed E-state index contributed by atoms with van der Waals surface area (Å²) in [7, 11) is 1.62. The predicted octanol–water partition coefficient (Wildman–Crippen LogP) is 2.76. The zero-order valence-corrected chi connectivity index (χ0v) is 15.4. The van der Waals surface area contributed by atoms with E-state index >= 15 is 0 Å². The van der Waals surface area contributed by atoms with Gasteiger partial charge in [0.25, 0.3) is 0 Å². The molecule has 2 aromatic rings. The number of ether oxygens (including phenoxy) is 1. The first-order valence-electron chi connectivity index (χ1n) is 8.48. The molecule has 0 N–H and O–H groups in total. The molecule has 1 aliphatic rings. The second-order valence-electron chi connectivity index (χ2n) is 6.29. The first-order chi connectivity index (χ1) is 12.5. The van der Waals surface area contributed by atoms with Gasteiger partial charge in [0.2, 0.25) is 11.8 Å². The van der Waals surface area contributed by atoms with Gasteiger partial charge in [-0.25, -0.2) is 0 Å². The number of benzene rings is 2. The zero-order chi connectivity index (χ0) is 18.5. The molecule has 1 heterocycles. The number of halogens is 1. The number of carbonyl (C=O) groups is 2. The maximum absolute atomic E-state index is 12.5. The Labute approximate surface area is 158 Å². The van der Waals surface area contributed by atoms with Crippen molar-refractivity contribution in [3.8, 4) is 5.75 Å². The number of piperazine rings is 1. The van der Waals surface area contributed by atoms with Crippen molar-refractivity contribution in [2.24, 2.45) is 0 Å². The molecule has 0 aliphatic carbocycles. The third kappa shape index (κ3) is 4.55. The van der Waals surface area contributed by atoms with Gasteiger partial charge in [0.05, 0.1) is 20.1 Å². The number of methoxy groups -OCH3 is 1. The lowest BCUT2D eigenvalue weighted by Crippen LogP contribution is -2.52. The number of rotatable bonds is 5. The van der Waals surface area contributed by atoms with Crippen molar-refractivity contribution in [2.45, 2.75) is 13.0 Å². The van der Waals surface area contributed by atoms with Crippen LogP contribution in [0.1, 0.15) is 11.1 Å². The third-order valence-electron chi connectivity index (χ3n) is 4.45. The van der Waals surface area contributed by atoms with E-state index < -0.39 is 0 Å². The summed E-state index contributed by atoms with van der Waals surface area (Å²) >= 11 is 5.86. The van der Waals surface area contributed by atoms with Crippen LogP contribution in [0.5, 0.6) is 5.75 Å². The fraction of sp³-hybridized carbons (Fsp3) is 0.300. The second-order valence-corrected chi connectivity index (χ2v) is 6.72. The van der Waals surface area contributed by atoms with E-state index in [4.69, 9.17) is 16.3 Å². The summed E-state index contributed by atoms with van der Waals surface area (Å²) in [5.41, 5.74) is 1.91. The highest BCUT2D eigenvalue weighted by atomic mass is 35.5. The quantitative estimate of drug-likeness (QED) is 0.811. The standard InChI is InChI=1S/C20H21ClN2O3/c1-26-18-4-2-3-16(11-18)13-22-9-10-23(14-20(22)25)19(24)12-15-5-7-17(21)8-6-15/h2-8,11H,9-10,12-14H2,1H3. The summed E-state index contributed by atoms with van der Waals surface area (Å²) < 4.78 is 5.22. The van der Waals surface area contributed by atoms with Crippen LogP contribution in [0.2, 0.25) is 5.02 Å². The minimum Gasteiger partial charge on any atom is -0.497 e. The number of hydrogen-bond acceptors (Lipinski definition) is 3. The zero-order valence-electron chi connectivity index (χ0n) is 14.7. The summed E-state index contributed by atoms with van der Waals surface area (Å²) in [5, 5.41) is 0.641. The molecule has 2 amide bonds. The van der Waals surface area contributed by atoms with Gasteiger partial charge < -0.3 is 14.5 Å². The minimum absolute atomic E-state index is 0.0384. The summed E-state index contributed by atoms with van der Waals surface area (Å²) in [4.78, 5) is 28.3. The van der Waals surface area contributed by atoms with E-state index in [1.165, 1.54) is 0 Å². The Bertz CT molecular complexity index is 792. The predicted molar refractivity (Wildman–Crippen MR) is 100 cm³/mol. The highest BCUT2D eigenvalue weighted by molar-refractivity contribution is 6.30. The fourth-order valence-electron chi connectivity index (χ4n) is 2.97. The van der Waals surface area contributed by atoms with Crippen molar-refractivity contribution in [3.05, 3.63) is 64.7 Å². The maximum atomic E-state index is 12.5. The first kappa shape index (κ1) is 18.3. The van der Waals surface area contributed by atoms with E-state index in [9.17, 15) is 9.59 Å². The molecule has 0 radical (unpaired) electrons. The Hall–Kier alpha value is -2.53. The molecule has 0 atom stereocenters. The Balaban J connectivity index is 1.56. The van der Waals surface area contributed by atoms with E-state index in [1.807, 2.05) is 36.4 Å². The van der Waals surface area contributed by atoms with Crippen LogP contribution in [-0.2, 0) is 22.6 Å². The van der Waals surface area contributed by atoms with E-state index in [1.54, 1.807) is 29.0 Å². The molecule has 2 aromatic carbocycles. The average Bonchev–Trinajstić information content (AvgIpc) is 2.65. The molecule has 0 bridgehead atoms. The van der Waals surface area contributed by atoms with Crippen LogP contribution in [0.3, 0.4) is 0 Å². The molecule has 0 aromatic heterocycles.